The molecule has 19 nitrogen and oxygen atoms in total. The Bertz CT molecular complexity index is 2130. The number of hydrogen-bond acceptors (Lipinski definition) is 18. The minimum Gasteiger partial charge on any atom is -0.394 e. The topological polar surface area (TPSA) is 307 Å². The highest BCUT2D eigenvalue weighted by molar-refractivity contribution is 5.76. The maximum atomic E-state index is 13.3. The number of aliphatic hydroxyl groups is 11. The lowest BCUT2D eigenvalue weighted by atomic mass is 9.96. The van der Waals surface area contributed by atoms with Crippen molar-refractivity contribution < 1.29 is 89.4 Å². The van der Waals surface area contributed by atoms with Gasteiger partial charge in [0, 0.05) is 6.42 Å². The van der Waals surface area contributed by atoms with Gasteiger partial charge < -0.3 is 89.9 Å². The van der Waals surface area contributed by atoms with Crippen LogP contribution in [0.15, 0.2) is 134 Å². The van der Waals surface area contributed by atoms with Crippen LogP contribution in [0.2, 0.25) is 0 Å². The largest absolute Gasteiger partial charge is 0.394 e. The maximum absolute atomic E-state index is 13.3. The summed E-state index contributed by atoms with van der Waals surface area (Å²) in [6.45, 7) is 1.42. The van der Waals surface area contributed by atoms with Gasteiger partial charge in [0.05, 0.1) is 38.6 Å². The number of aliphatic hydroxyl groups excluding tert-OH is 11. The number of unbranched alkanes of at least 4 members (excludes halogenated alkanes) is 11. The number of ether oxygens (including phenoxy) is 6. The van der Waals surface area contributed by atoms with E-state index in [2.05, 4.69) is 141 Å². The summed E-state index contributed by atoms with van der Waals surface area (Å²) in [4.78, 5) is 13.3. The van der Waals surface area contributed by atoms with Gasteiger partial charge in [0.1, 0.15) is 73.2 Å². The van der Waals surface area contributed by atoms with E-state index in [-0.39, 0.29) is 18.9 Å². The van der Waals surface area contributed by atoms with Crippen molar-refractivity contribution in [2.24, 2.45) is 0 Å². The number of amides is 1. The standard InChI is InChI=1S/C70H113NO18/c1-3-5-7-9-11-12-13-14-15-16-17-18-19-20-21-22-23-24-25-26-27-28-29-30-31-32-33-34-35-36-37-38-39-40-42-44-46-48-58(76)71-53(54(75)47-45-43-41-10-8-6-4-2)52-84-68-64(82)61(79)66(56(50-73)86-68)89-70-65(83)62(80)67(57(51-74)87-70)88-69-63(81)60(78)59(77)55(49-72)85-69/h5,7-8,10-12,14-15,17-18,20-21,23-24,26-27,29-30,32-33,45,47,53-57,59-70,72-75,77-83H,3-4,6,9,13,16,19,22,25,28,31,34-44,46,48-52H2,1-2H3,(H,71,76)/b7-5-,10-8+,12-11-,15-14-,18-17-,21-20-,24-23-,27-26-,30-29-,33-32-,47-45+. The first-order chi connectivity index (χ1) is 43.3. The van der Waals surface area contributed by atoms with Gasteiger partial charge in [-0.3, -0.25) is 4.79 Å². The van der Waals surface area contributed by atoms with Crippen LogP contribution < -0.4 is 5.32 Å². The molecule has 1 amide bonds. The van der Waals surface area contributed by atoms with Crippen molar-refractivity contribution in [3.05, 3.63) is 134 Å². The van der Waals surface area contributed by atoms with E-state index in [1.165, 1.54) is 25.7 Å². The second kappa shape index (κ2) is 50.5. The molecule has 17 atom stereocenters. The van der Waals surface area contributed by atoms with Crippen LogP contribution in [-0.4, -0.2) is 193 Å². The van der Waals surface area contributed by atoms with E-state index in [0.717, 1.165) is 109 Å². The van der Waals surface area contributed by atoms with Crippen molar-refractivity contribution in [2.45, 2.75) is 272 Å². The van der Waals surface area contributed by atoms with Crippen LogP contribution in [0.3, 0.4) is 0 Å². The first kappa shape index (κ1) is 79.2. The second-order valence-electron chi connectivity index (χ2n) is 22.8. The third kappa shape index (κ3) is 32.9. The van der Waals surface area contributed by atoms with Gasteiger partial charge >= 0.3 is 0 Å². The van der Waals surface area contributed by atoms with Crippen molar-refractivity contribution in [3.8, 4) is 0 Å². The average Bonchev–Trinajstić information content (AvgIpc) is 2.14. The Morgan fingerprint density at radius 1 is 0.416 bits per heavy atom. The number of carbonyl (C=O) groups excluding carboxylic acids is 1. The predicted octanol–water partition coefficient (Wildman–Crippen LogP) is 7.82. The molecular formula is C70H113NO18. The fourth-order valence-electron chi connectivity index (χ4n) is 10.1. The zero-order valence-electron chi connectivity index (χ0n) is 53.1. The van der Waals surface area contributed by atoms with Crippen LogP contribution in [-0.2, 0) is 33.2 Å². The van der Waals surface area contributed by atoms with Gasteiger partial charge in [-0.15, -0.1) is 0 Å². The van der Waals surface area contributed by atoms with Gasteiger partial charge in [0.25, 0.3) is 0 Å². The van der Waals surface area contributed by atoms with Crippen LogP contribution in [0.4, 0.5) is 0 Å². The molecule has 0 bridgehead atoms. The summed E-state index contributed by atoms with van der Waals surface area (Å²) in [7, 11) is 0. The minimum absolute atomic E-state index is 0.218. The van der Waals surface area contributed by atoms with Crippen LogP contribution in [0.5, 0.6) is 0 Å². The third-order valence-corrected chi connectivity index (χ3v) is 15.4. The van der Waals surface area contributed by atoms with E-state index in [0.29, 0.717) is 12.8 Å². The van der Waals surface area contributed by atoms with E-state index in [1.54, 1.807) is 12.2 Å². The van der Waals surface area contributed by atoms with E-state index in [1.807, 2.05) is 0 Å². The van der Waals surface area contributed by atoms with E-state index in [9.17, 15) is 61.0 Å². The van der Waals surface area contributed by atoms with Crippen molar-refractivity contribution in [3.63, 3.8) is 0 Å². The Balaban J connectivity index is 1.31. The van der Waals surface area contributed by atoms with Crippen molar-refractivity contribution in [2.75, 3.05) is 26.4 Å². The number of hydrogen-bond donors (Lipinski definition) is 12. The van der Waals surface area contributed by atoms with Gasteiger partial charge in [-0.2, -0.15) is 0 Å². The summed E-state index contributed by atoms with van der Waals surface area (Å²) in [6.07, 6.45) is 43.6. The highest BCUT2D eigenvalue weighted by Crippen LogP contribution is 2.33. The number of nitrogens with one attached hydrogen (secondary N) is 1. The van der Waals surface area contributed by atoms with Gasteiger partial charge in [-0.05, 0) is 96.3 Å². The Hall–Kier alpha value is -4.07. The normalized spacial score (nSPS) is 29.1. The highest BCUT2D eigenvalue weighted by Gasteiger charge is 2.53. The molecule has 3 fully saturated rings. The fourth-order valence-corrected chi connectivity index (χ4v) is 10.1. The monoisotopic (exact) mass is 1260 g/mol. The molecular weight excluding hydrogens is 1140 g/mol. The molecule has 0 aliphatic carbocycles. The molecule has 12 N–H and O–H groups in total. The van der Waals surface area contributed by atoms with Crippen molar-refractivity contribution in [1.29, 1.82) is 0 Å². The molecule has 0 aromatic carbocycles. The molecule has 3 heterocycles. The maximum Gasteiger partial charge on any atom is 0.220 e. The molecule has 0 aromatic rings. The second-order valence-corrected chi connectivity index (χ2v) is 22.8. The first-order valence-electron chi connectivity index (χ1n) is 32.9. The summed E-state index contributed by atoms with van der Waals surface area (Å²) < 4.78 is 34.1. The third-order valence-electron chi connectivity index (χ3n) is 15.4. The Labute approximate surface area is 530 Å². The van der Waals surface area contributed by atoms with Crippen molar-refractivity contribution >= 4 is 5.91 Å². The smallest absolute Gasteiger partial charge is 0.220 e. The van der Waals surface area contributed by atoms with Crippen LogP contribution in [0.25, 0.3) is 0 Å². The molecule has 3 rings (SSSR count). The molecule has 0 radical (unpaired) electrons. The van der Waals surface area contributed by atoms with E-state index in [4.69, 9.17) is 28.4 Å². The van der Waals surface area contributed by atoms with E-state index >= 15 is 0 Å². The SMILES string of the molecule is CC/C=C\C/C=C\C/C=C\C/C=C\C/C=C\C/C=C\C/C=C\C/C=C\C/C=C\CCCCCCCCCCCC(=O)NC(COC1OC(CO)C(OC2OC(CO)C(OC3OC(CO)C(O)C(O)C3O)C(O)C2O)C(O)C1O)C(O)/C=C/CC/C=C/CCC. The molecule has 0 saturated carbocycles. The van der Waals surface area contributed by atoms with Crippen LogP contribution in [0.1, 0.15) is 168 Å². The van der Waals surface area contributed by atoms with Gasteiger partial charge in [0.15, 0.2) is 18.9 Å². The van der Waals surface area contributed by atoms with Crippen LogP contribution >= 0.6 is 0 Å². The summed E-state index contributed by atoms with van der Waals surface area (Å²) in [6, 6.07) is -0.999. The summed E-state index contributed by atoms with van der Waals surface area (Å²) in [5, 5.41) is 120. The fraction of sp³-hybridized carbons (Fsp3) is 0.671. The Kier molecular flexibility index (Phi) is 44.9. The lowest BCUT2D eigenvalue weighted by Crippen LogP contribution is -2.66. The lowest BCUT2D eigenvalue weighted by Gasteiger charge is -2.48. The van der Waals surface area contributed by atoms with Crippen molar-refractivity contribution in [1.82, 2.24) is 5.32 Å². The summed E-state index contributed by atoms with van der Waals surface area (Å²) in [5.74, 6) is -0.304. The molecule has 506 valence electrons. The number of allylic oxidation sites excluding steroid dienone is 21. The molecule has 0 aromatic heterocycles. The van der Waals surface area contributed by atoms with Gasteiger partial charge in [-0.1, -0.05) is 199 Å². The number of carbonyl (C=O) groups is 1. The van der Waals surface area contributed by atoms with Crippen LogP contribution in [0, 0.1) is 0 Å². The van der Waals surface area contributed by atoms with Gasteiger partial charge in [-0.25, -0.2) is 0 Å². The zero-order chi connectivity index (χ0) is 64.7. The molecule has 19 heteroatoms. The van der Waals surface area contributed by atoms with E-state index < -0.39 is 124 Å². The lowest BCUT2D eigenvalue weighted by molar-refractivity contribution is -0.379. The molecule has 3 saturated heterocycles. The summed E-state index contributed by atoms with van der Waals surface area (Å²) in [5.41, 5.74) is 0. The molecule has 0 spiro atoms. The highest BCUT2D eigenvalue weighted by atomic mass is 16.8. The minimum atomic E-state index is -1.99. The molecule has 17 unspecified atom stereocenters. The summed E-state index contributed by atoms with van der Waals surface area (Å²) >= 11 is 0. The predicted molar refractivity (Wildman–Crippen MR) is 346 cm³/mol. The quantitative estimate of drug-likeness (QED) is 0.0204. The zero-order valence-corrected chi connectivity index (χ0v) is 53.1. The molecule has 3 aliphatic heterocycles. The number of rotatable bonds is 47. The van der Waals surface area contributed by atoms with Gasteiger partial charge in [0.2, 0.25) is 5.91 Å². The average molecular weight is 1260 g/mol. The molecule has 89 heavy (non-hydrogen) atoms. The first-order valence-corrected chi connectivity index (χ1v) is 32.9. The molecule has 3 aliphatic rings. The Morgan fingerprint density at radius 2 is 0.787 bits per heavy atom. The Morgan fingerprint density at radius 3 is 1.25 bits per heavy atom.